The number of hydrogen-bond donors (Lipinski definition) is 3. The predicted molar refractivity (Wildman–Crippen MR) is 114 cm³/mol. The maximum Gasteiger partial charge on any atom is 0.240 e. The van der Waals surface area contributed by atoms with Gasteiger partial charge in [-0.05, 0) is 67.5 Å². The van der Waals surface area contributed by atoms with Gasteiger partial charge in [-0.25, -0.2) is 17.5 Å². The summed E-state index contributed by atoms with van der Waals surface area (Å²) in [5, 5.41) is 12.4. The molecule has 6 nitrogen and oxygen atoms in total. The molecule has 30 heavy (non-hydrogen) atoms. The minimum Gasteiger partial charge on any atom is -0.497 e. The molecule has 3 atom stereocenters. The summed E-state index contributed by atoms with van der Waals surface area (Å²) in [6.45, 7) is 1.77. The third kappa shape index (κ3) is 5.57. The molecule has 164 valence electrons. The highest BCUT2D eigenvalue weighted by Gasteiger charge is 2.27. The third-order valence-corrected chi connectivity index (χ3v) is 7.09. The maximum atomic E-state index is 13.8. The van der Waals surface area contributed by atoms with Crippen LogP contribution in [0.25, 0.3) is 0 Å². The number of hydrogen-bond acceptors (Lipinski definition) is 5. The average Bonchev–Trinajstić information content (AvgIpc) is 3.20. The highest BCUT2D eigenvalue weighted by Crippen LogP contribution is 2.36. The first-order chi connectivity index (χ1) is 14.3. The Balaban J connectivity index is 1.61. The monoisotopic (exact) mass is 436 g/mol. The van der Waals surface area contributed by atoms with Crippen molar-refractivity contribution in [3.63, 3.8) is 0 Å². The zero-order valence-electron chi connectivity index (χ0n) is 17.3. The Kier molecular flexibility index (Phi) is 7.46. The summed E-state index contributed by atoms with van der Waals surface area (Å²) in [6, 6.07) is 12.0. The van der Waals surface area contributed by atoms with Crippen LogP contribution in [0.1, 0.15) is 49.3 Å². The van der Waals surface area contributed by atoms with Crippen molar-refractivity contribution in [1.82, 2.24) is 10.0 Å². The molecule has 1 saturated carbocycles. The van der Waals surface area contributed by atoms with Crippen LogP contribution in [-0.4, -0.2) is 39.8 Å². The molecule has 2 aromatic rings. The van der Waals surface area contributed by atoms with Gasteiger partial charge in [0.2, 0.25) is 10.0 Å². The molecule has 8 heteroatoms. The van der Waals surface area contributed by atoms with Gasteiger partial charge in [-0.3, -0.25) is 0 Å². The van der Waals surface area contributed by atoms with Crippen molar-refractivity contribution in [1.29, 1.82) is 0 Å². The fourth-order valence-corrected chi connectivity index (χ4v) is 5.04. The summed E-state index contributed by atoms with van der Waals surface area (Å²) in [5.41, 5.74) is 1.96. The fourth-order valence-electron chi connectivity index (χ4n) is 4.02. The van der Waals surface area contributed by atoms with Crippen LogP contribution in [0.2, 0.25) is 0 Å². The van der Waals surface area contributed by atoms with Gasteiger partial charge in [0.05, 0.1) is 18.6 Å². The van der Waals surface area contributed by atoms with Crippen molar-refractivity contribution in [2.24, 2.45) is 0 Å². The Labute approximate surface area is 177 Å². The lowest BCUT2D eigenvalue weighted by Gasteiger charge is -2.21. The van der Waals surface area contributed by atoms with E-state index >= 15 is 0 Å². The largest absolute Gasteiger partial charge is 0.497 e. The van der Waals surface area contributed by atoms with Gasteiger partial charge in [0.1, 0.15) is 11.6 Å². The normalized spacial score (nSPS) is 20.3. The molecule has 0 amide bonds. The van der Waals surface area contributed by atoms with Crippen LogP contribution >= 0.6 is 0 Å². The molecule has 2 aromatic carbocycles. The Morgan fingerprint density at radius 1 is 1.20 bits per heavy atom. The van der Waals surface area contributed by atoms with E-state index in [2.05, 4.69) is 10.0 Å². The highest BCUT2D eigenvalue weighted by molar-refractivity contribution is 7.89. The van der Waals surface area contributed by atoms with E-state index < -0.39 is 10.0 Å². The molecule has 3 rings (SSSR count). The molecule has 1 aliphatic rings. The van der Waals surface area contributed by atoms with E-state index in [1.54, 1.807) is 12.1 Å². The molecule has 0 saturated heterocycles. The standard InChI is InChI=1S/C22H29FN2O4S/c1-15(18-11-19(23)14-21(13-18)29-2)25-20-6-3-17(12-20)16-4-7-22(8-5-16)30(27,28)24-9-10-26/h4-5,7-8,11,13-15,17,20,24-26H,3,6,9-10,12H2,1-2H3/t15-,17?,20+/m1/s1. The van der Waals surface area contributed by atoms with Crippen molar-refractivity contribution in [3.8, 4) is 5.75 Å². The molecule has 0 bridgehead atoms. The average molecular weight is 437 g/mol. The second-order valence-corrected chi connectivity index (χ2v) is 9.48. The minimum absolute atomic E-state index is 0.00453. The summed E-state index contributed by atoms with van der Waals surface area (Å²) in [4.78, 5) is 0.195. The number of methoxy groups -OCH3 is 1. The molecule has 0 heterocycles. The van der Waals surface area contributed by atoms with Crippen molar-refractivity contribution < 1.29 is 22.7 Å². The Bertz CT molecular complexity index is 950. The van der Waals surface area contributed by atoms with E-state index in [1.165, 1.54) is 19.2 Å². The molecule has 0 aliphatic heterocycles. The first-order valence-corrected chi connectivity index (χ1v) is 11.6. The Morgan fingerprint density at radius 2 is 1.93 bits per heavy atom. The molecule has 1 unspecified atom stereocenters. The van der Waals surface area contributed by atoms with Gasteiger partial charge in [-0.2, -0.15) is 0 Å². The highest BCUT2D eigenvalue weighted by atomic mass is 32.2. The summed E-state index contributed by atoms with van der Waals surface area (Å²) in [5.74, 6) is 0.538. The van der Waals surface area contributed by atoms with Gasteiger partial charge in [0.25, 0.3) is 0 Å². The van der Waals surface area contributed by atoms with Crippen LogP contribution in [0.15, 0.2) is 47.4 Å². The maximum absolute atomic E-state index is 13.8. The smallest absolute Gasteiger partial charge is 0.240 e. The van der Waals surface area contributed by atoms with Gasteiger partial charge in [0.15, 0.2) is 0 Å². The van der Waals surface area contributed by atoms with E-state index in [4.69, 9.17) is 9.84 Å². The second-order valence-electron chi connectivity index (χ2n) is 7.71. The minimum atomic E-state index is -3.59. The van der Waals surface area contributed by atoms with Crippen LogP contribution in [0.5, 0.6) is 5.75 Å². The lowest BCUT2D eigenvalue weighted by molar-refractivity contribution is 0.301. The summed E-state index contributed by atoms with van der Waals surface area (Å²) < 4.78 is 45.6. The van der Waals surface area contributed by atoms with E-state index in [-0.39, 0.29) is 29.9 Å². The van der Waals surface area contributed by atoms with Crippen LogP contribution < -0.4 is 14.8 Å². The molecule has 0 aromatic heterocycles. The third-order valence-electron chi connectivity index (χ3n) is 5.61. The fraction of sp³-hybridized carbons (Fsp3) is 0.455. The number of sulfonamides is 1. The van der Waals surface area contributed by atoms with Crippen LogP contribution in [-0.2, 0) is 10.0 Å². The molecule has 0 radical (unpaired) electrons. The number of aliphatic hydroxyl groups excluding tert-OH is 1. The van der Waals surface area contributed by atoms with Gasteiger partial charge in [-0.1, -0.05) is 12.1 Å². The van der Waals surface area contributed by atoms with Gasteiger partial charge in [-0.15, -0.1) is 0 Å². The lowest BCUT2D eigenvalue weighted by atomic mass is 9.97. The molecule has 0 spiro atoms. The molecular weight excluding hydrogens is 407 g/mol. The van der Waals surface area contributed by atoms with Crippen molar-refractivity contribution in [2.75, 3.05) is 20.3 Å². The SMILES string of the molecule is COc1cc(F)cc([C@@H](C)N[C@H]2CCC(c3ccc(S(=O)(=O)NCCO)cc3)C2)c1. The van der Waals surface area contributed by atoms with E-state index in [0.717, 1.165) is 30.4 Å². The van der Waals surface area contributed by atoms with Crippen molar-refractivity contribution in [2.45, 2.75) is 49.1 Å². The number of rotatable bonds is 9. The van der Waals surface area contributed by atoms with Crippen molar-refractivity contribution in [3.05, 3.63) is 59.4 Å². The topological polar surface area (TPSA) is 87.7 Å². The number of halogens is 1. The second kappa shape index (κ2) is 9.87. The number of benzene rings is 2. The van der Waals surface area contributed by atoms with Gasteiger partial charge < -0.3 is 15.2 Å². The summed E-state index contributed by atoms with van der Waals surface area (Å²) in [6.07, 6.45) is 2.94. The Morgan fingerprint density at radius 3 is 2.60 bits per heavy atom. The molecule has 1 fully saturated rings. The Hall–Kier alpha value is -2.00. The zero-order chi connectivity index (χ0) is 21.7. The van der Waals surface area contributed by atoms with Crippen LogP contribution in [0.3, 0.4) is 0 Å². The van der Waals surface area contributed by atoms with E-state index in [9.17, 15) is 12.8 Å². The lowest BCUT2D eigenvalue weighted by Crippen LogP contribution is -2.29. The molecular formula is C22H29FN2O4S. The van der Waals surface area contributed by atoms with Crippen molar-refractivity contribution >= 4 is 10.0 Å². The van der Waals surface area contributed by atoms with Crippen LogP contribution in [0, 0.1) is 5.82 Å². The molecule has 3 N–H and O–H groups in total. The summed E-state index contributed by atoms with van der Waals surface area (Å²) >= 11 is 0. The quantitative estimate of drug-likeness (QED) is 0.562. The first kappa shape index (κ1) is 22.7. The molecule has 1 aliphatic carbocycles. The number of aliphatic hydroxyl groups is 1. The van der Waals surface area contributed by atoms with E-state index in [0.29, 0.717) is 17.7 Å². The van der Waals surface area contributed by atoms with Crippen LogP contribution in [0.4, 0.5) is 4.39 Å². The van der Waals surface area contributed by atoms with Gasteiger partial charge in [0, 0.05) is 24.7 Å². The van der Waals surface area contributed by atoms with Gasteiger partial charge >= 0.3 is 0 Å². The van der Waals surface area contributed by atoms with E-state index in [1.807, 2.05) is 25.1 Å². The first-order valence-electron chi connectivity index (χ1n) is 10.1. The zero-order valence-corrected chi connectivity index (χ0v) is 18.1. The predicted octanol–water partition coefficient (Wildman–Crippen LogP) is 3.09. The number of ether oxygens (including phenoxy) is 1. The summed E-state index contributed by atoms with van der Waals surface area (Å²) in [7, 11) is -2.07. The number of nitrogens with one attached hydrogen (secondary N) is 2.